The monoisotopic (exact) mass is 303 g/mol. The van der Waals surface area contributed by atoms with Gasteiger partial charge >= 0.3 is 17.8 Å². The van der Waals surface area contributed by atoms with E-state index in [1.54, 1.807) is 0 Å². The van der Waals surface area contributed by atoms with Gasteiger partial charge in [-0.25, -0.2) is 14.4 Å². The number of amides is 2. The van der Waals surface area contributed by atoms with Crippen molar-refractivity contribution in [2.75, 3.05) is 0 Å². The molecule has 1 N–H and O–H groups in total. The van der Waals surface area contributed by atoms with Crippen LogP contribution in [0.1, 0.15) is 34.6 Å². The molecule has 7 nitrogen and oxygen atoms in total. The Morgan fingerprint density at radius 2 is 1.55 bits per heavy atom. The van der Waals surface area contributed by atoms with Crippen LogP contribution in [-0.4, -0.2) is 38.9 Å². The maximum atomic E-state index is 12.8. The van der Waals surface area contributed by atoms with Crippen LogP contribution >= 0.6 is 0 Å². The number of nitrogens with zero attached hydrogens (tertiary/aromatic N) is 1. The Bertz CT molecular complexity index is 711. The fraction of sp³-hybridized carbons (Fsp3) is 0.200. The SMILES string of the molecule is C=C(C(=O)[O-])[N+]1(C(C)(C)C(=O)O)C(=O)c2ccccc2C1=O. The summed E-state index contributed by atoms with van der Waals surface area (Å²) in [6, 6.07) is 5.69. The largest absolute Gasteiger partial charge is 0.540 e. The van der Waals surface area contributed by atoms with Gasteiger partial charge in [-0.3, -0.25) is 0 Å². The molecule has 1 heterocycles. The molecule has 0 fully saturated rings. The topological polar surface area (TPSA) is 112 Å². The molecule has 1 aliphatic rings. The summed E-state index contributed by atoms with van der Waals surface area (Å²) >= 11 is 0. The Morgan fingerprint density at radius 3 is 1.86 bits per heavy atom. The van der Waals surface area contributed by atoms with Gasteiger partial charge in [-0.15, -0.1) is 4.48 Å². The molecule has 0 aromatic heterocycles. The molecule has 0 bridgehead atoms. The molecule has 0 saturated carbocycles. The minimum absolute atomic E-state index is 0.0378. The average molecular weight is 303 g/mol. The summed E-state index contributed by atoms with van der Waals surface area (Å²) in [5.41, 5.74) is -3.04. The number of hydrogen-bond donors (Lipinski definition) is 1. The molecular weight excluding hydrogens is 290 g/mol. The maximum Gasteiger partial charge on any atom is 0.366 e. The van der Waals surface area contributed by atoms with Crippen LogP contribution in [0.5, 0.6) is 0 Å². The lowest BCUT2D eigenvalue weighted by Crippen LogP contribution is -2.69. The van der Waals surface area contributed by atoms with Crippen molar-refractivity contribution in [1.82, 2.24) is 0 Å². The summed E-state index contributed by atoms with van der Waals surface area (Å²) < 4.78 is -1.55. The number of carboxylic acids is 2. The number of quaternary nitrogens is 1. The minimum Gasteiger partial charge on any atom is -0.540 e. The van der Waals surface area contributed by atoms with E-state index in [1.165, 1.54) is 24.3 Å². The third kappa shape index (κ3) is 1.59. The van der Waals surface area contributed by atoms with Gasteiger partial charge in [0.25, 0.3) is 0 Å². The van der Waals surface area contributed by atoms with Crippen LogP contribution in [0, 0.1) is 0 Å². The number of rotatable bonds is 4. The van der Waals surface area contributed by atoms with Gasteiger partial charge in [-0.05, 0) is 18.7 Å². The normalized spacial score (nSPS) is 16.3. The highest BCUT2D eigenvalue weighted by Gasteiger charge is 2.67. The van der Waals surface area contributed by atoms with Gasteiger partial charge in [0.15, 0.2) is 5.70 Å². The molecule has 7 heteroatoms. The van der Waals surface area contributed by atoms with Crippen molar-refractivity contribution < 1.29 is 33.9 Å². The van der Waals surface area contributed by atoms with Crippen LogP contribution in [-0.2, 0) is 9.59 Å². The number of carboxylic acid groups (broad SMARTS) is 2. The molecule has 0 aliphatic carbocycles. The van der Waals surface area contributed by atoms with E-state index in [1.807, 2.05) is 0 Å². The average Bonchev–Trinajstić information content (AvgIpc) is 2.68. The van der Waals surface area contributed by atoms with Crippen molar-refractivity contribution in [2.45, 2.75) is 19.4 Å². The Hall–Kier alpha value is -2.80. The first-order chi connectivity index (χ1) is 10.1. The second-order valence-corrected chi connectivity index (χ2v) is 5.43. The quantitative estimate of drug-likeness (QED) is 0.473. The summed E-state index contributed by atoms with van der Waals surface area (Å²) in [6.07, 6.45) is 0. The fourth-order valence-corrected chi connectivity index (χ4v) is 2.68. The zero-order valence-corrected chi connectivity index (χ0v) is 12.0. The van der Waals surface area contributed by atoms with Gasteiger partial charge in [0, 0.05) is 13.8 Å². The lowest BCUT2D eigenvalue weighted by molar-refractivity contribution is -0.765. The van der Waals surface area contributed by atoms with E-state index in [2.05, 4.69) is 6.58 Å². The van der Waals surface area contributed by atoms with Crippen LogP contribution in [0.15, 0.2) is 36.5 Å². The van der Waals surface area contributed by atoms with Gasteiger partial charge in [0.2, 0.25) is 5.54 Å². The molecule has 1 aliphatic heterocycles. The van der Waals surface area contributed by atoms with Crippen LogP contribution in [0.25, 0.3) is 0 Å². The lowest BCUT2D eigenvalue weighted by Gasteiger charge is -2.40. The summed E-state index contributed by atoms with van der Waals surface area (Å²) in [7, 11) is 0. The first-order valence-electron chi connectivity index (χ1n) is 6.32. The van der Waals surface area contributed by atoms with Crippen LogP contribution in [0.2, 0.25) is 0 Å². The second kappa shape index (κ2) is 4.60. The predicted octanol–water partition coefficient (Wildman–Crippen LogP) is -0.0758. The highest BCUT2D eigenvalue weighted by atomic mass is 16.4. The molecular formula is C15H13NO6. The molecule has 1 aromatic carbocycles. The molecule has 114 valence electrons. The molecule has 0 spiro atoms. The number of hydrogen-bond acceptors (Lipinski definition) is 5. The summed E-state index contributed by atoms with van der Waals surface area (Å²) in [6.45, 7) is 5.45. The Labute approximate surface area is 125 Å². The molecule has 0 radical (unpaired) electrons. The molecule has 22 heavy (non-hydrogen) atoms. The highest BCUT2D eigenvalue weighted by molar-refractivity contribution is 6.17. The standard InChI is InChI=1S/C15H13NO6/c1-8(13(19)20)16(15(2,3)14(21)22)11(17)9-6-4-5-7-10(9)12(16)18/h4-7H,1H2,2-3H3,(H-,19,20,21,22). The van der Waals surface area contributed by atoms with Crippen molar-refractivity contribution in [3.63, 3.8) is 0 Å². The molecule has 2 rings (SSSR count). The van der Waals surface area contributed by atoms with Crippen LogP contribution < -0.4 is 5.11 Å². The first kappa shape index (κ1) is 15.6. The number of carbonyl (C=O) groups is 4. The van der Waals surface area contributed by atoms with Gasteiger partial charge in [-0.2, -0.15) is 0 Å². The maximum absolute atomic E-state index is 12.8. The van der Waals surface area contributed by atoms with E-state index >= 15 is 0 Å². The summed E-state index contributed by atoms with van der Waals surface area (Å²) in [5, 5.41) is 20.7. The van der Waals surface area contributed by atoms with E-state index in [4.69, 9.17) is 0 Å². The summed E-state index contributed by atoms with van der Waals surface area (Å²) in [4.78, 5) is 48.4. The van der Waals surface area contributed by atoms with E-state index < -0.39 is 39.5 Å². The zero-order valence-electron chi connectivity index (χ0n) is 12.0. The van der Waals surface area contributed by atoms with Gasteiger partial charge < -0.3 is 15.0 Å². The number of fused-ring (bicyclic) bond motifs is 1. The molecule has 0 saturated heterocycles. The van der Waals surface area contributed by atoms with E-state index in [9.17, 15) is 29.4 Å². The van der Waals surface area contributed by atoms with Crippen molar-refractivity contribution in [3.05, 3.63) is 47.7 Å². The van der Waals surface area contributed by atoms with Crippen LogP contribution in [0.3, 0.4) is 0 Å². The van der Waals surface area contributed by atoms with Gasteiger partial charge in [0.05, 0.1) is 11.1 Å². The number of benzene rings is 1. The minimum atomic E-state index is -2.07. The number of aliphatic carboxylic acids is 2. The highest BCUT2D eigenvalue weighted by Crippen LogP contribution is 2.41. The first-order valence-corrected chi connectivity index (χ1v) is 6.32. The third-order valence-corrected chi connectivity index (χ3v) is 4.00. The van der Waals surface area contributed by atoms with Crippen molar-refractivity contribution in [3.8, 4) is 0 Å². The molecule has 2 amide bonds. The lowest BCUT2D eigenvalue weighted by atomic mass is 9.97. The fourth-order valence-electron chi connectivity index (χ4n) is 2.68. The molecule has 0 atom stereocenters. The molecule has 1 aromatic rings. The molecule has 0 unspecified atom stereocenters. The Morgan fingerprint density at radius 1 is 1.14 bits per heavy atom. The Balaban J connectivity index is 2.88. The van der Waals surface area contributed by atoms with Gasteiger partial charge in [-0.1, -0.05) is 12.1 Å². The number of carbonyl (C=O) groups excluding carboxylic acids is 3. The zero-order chi connectivity index (χ0) is 16.9. The van der Waals surface area contributed by atoms with Gasteiger partial charge in [0.1, 0.15) is 5.97 Å². The van der Waals surface area contributed by atoms with E-state index in [-0.39, 0.29) is 11.1 Å². The van der Waals surface area contributed by atoms with Crippen molar-refractivity contribution >= 4 is 23.8 Å². The Kier molecular flexibility index (Phi) is 3.26. The number of imide groups is 1. The summed E-state index contributed by atoms with van der Waals surface area (Å²) in [5.74, 6) is -5.25. The third-order valence-electron chi connectivity index (χ3n) is 4.00. The second-order valence-electron chi connectivity index (χ2n) is 5.43. The van der Waals surface area contributed by atoms with E-state index in [0.717, 1.165) is 13.8 Å². The van der Waals surface area contributed by atoms with Crippen molar-refractivity contribution in [2.24, 2.45) is 0 Å². The predicted molar refractivity (Wildman–Crippen MR) is 71.2 cm³/mol. The smallest absolute Gasteiger partial charge is 0.366 e. The van der Waals surface area contributed by atoms with Crippen LogP contribution in [0.4, 0.5) is 0 Å². The van der Waals surface area contributed by atoms with E-state index in [0.29, 0.717) is 0 Å². The van der Waals surface area contributed by atoms with Crippen molar-refractivity contribution in [1.29, 1.82) is 0 Å².